The van der Waals surface area contributed by atoms with E-state index in [1.807, 2.05) is 0 Å². The van der Waals surface area contributed by atoms with Crippen LogP contribution >= 0.6 is 0 Å². The molecule has 4 rings (SSSR count). The SMILES string of the molecule is COC(=O)CCNC(=O)[C@H]1[C@H](C(=O)NCCCCN2CCCC2)[C@H]2C=C[C@H]1C21CC1. The Morgan fingerprint density at radius 2 is 1.57 bits per heavy atom. The van der Waals surface area contributed by atoms with Gasteiger partial charge in [0.1, 0.15) is 0 Å². The van der Waals surface area contributed by atoms with Crippen LogP contribution in [0.3, 0.4) is 0 Å². The van der Waals surface area contributed by atoms with E-state index in [1.165, 1.54) is 33.0 Å². The van der Waals surface area contributed by atoms with Crippen molar-refractivity contribution < 1.29 is 19.1 Å². The van der Waals surface area contributed by atoms with Crippen LogP contribution in [0.15, 0.2) is 12.2 Å². The quantitative estimate of drug-likeness (QED) is 0.319. The number of carbonyl (C=O) groups excluding carboxylic acids is 3. The normalized spacial score (nSPS) is 30.6. The highest BCUT2D eigenvalue weighted by molar-refractivity contribution is 5.90. The van der Waals surface area contributed by atoms with Crippen molar-refractivity contribution in [3.8, 4) is 0 Å². The summed E-state index contributed by atoms with van der Waals surface area (Å²) in [5, 5.41) is 6.00. The first kappa shape index (κ1) is 21.3. The van der Waals surface area contributed by atoms with E-state index < -0.39 is 0 Å². The van der Waals surface area contributed by atoms with E-state index in [0.717, 1.165) is 32.2 Å². The lowest BCUT2D eigenvalue weighted by atomic mass is 9.81. The van der Waals surface area contributed by atoms with E-state index in [4.69, 9.17) is 0 Å². The van der Waals surface area contributed by atoms with Gasteiger partial charge < -0.3 is 20.3 Å². The number of hydrogen-bond acceptors (Lipinski definition) is 5. The van der Waals surface area contributed by atoms with Crippen LogP contribution in [0.1, 0.15) is 44.9 Å². The molecular formula is C23H35N3O4. The van der Waals surface area contributed by atoms with Crippen molar-refractivity contribution in [3.63, 3.8) is 0 Å². The summed E-state index contributed by atoms with van der Waals surface area (Å²) in [7, 11) is 1.34. The van der Waals surface area contributed by atoms with E-state index in [-0.39, 0.29) is 59.8 Å². The van der Waals surface area contributed by atoms with E-state index >= 15 is 0 Å². The minimum absolute atomic E-state index is 0.0208. The van der Waals surface area contributed by atoms with Gasteiger partial charge in [-0.1, -0.05) is 12.2 Å². The molecule has 3 fully saturated rings. The molecule has 7 nitrogen and oxygen atoms in total. The number of likely N-dealkylation sites (tertiary alicyclic amines) is 1. The number of methoxy groups -OCH3 is 1. The molecule has 7 heteroatoms. The van der Waals surface area contributed by atoms with E-state index in [1.54, 1.807) is 0 Å². The van der Waals surface area contributed by atoms with Crippen LogP contribution in [0.25, 0.3) is 0 Å². The van der Waals surface area contributed by atoms with Gasteiger partial charge in [0.2, 0.25) is 11.8 Å². The third-order valence-corrected chi connectivity index (χ3v) is 7.70. The van der Waals surface area contributed by atoms with Gasteiger partial charge in [-0.2, -0.15) is 0 Å². The zero-order chi connectivity index (χ0) is 21.1. The molecule has 166 valence electrons. The Kier molecular flexibility index (Phi) is 6.46. The molecule has 2 amide bonds. The molecule has 2 saturated carbocycles. The number of amides is 2. The van der Waals surface area contributed by atoms with Gasteiger partial charge >= 0.3 is 5.97 Å². The fourth-order valence-corrected chi connectivity index (χ4v) is 6.01. The third kappa shape index (κ3) is 4.13. The molecule has 0 aromatic carbocycles. The van der Waals surface area contributed by atoms with Crippen LogP contribution in [0.2, 0.25) is 0 Å². The lowest BCUT2D eigenvalue weighted by molar-refractivity contribution is -0.141. The molecule has 0 aromatic heterocycles. The molecule has 30 heavy (non-hydrogen) atoms. The largest absolute Gasteiger partial charge is 0.469 e. The molecular weight excluding hydrogens is 382 g/mol. The van der Waals surface area contributed by atoms with E-state index in [2.05, 4.69) is 32.4 Å². The predicted molar refractivity (Wildman–Crippen MR) is 112 cm³/mol. The van der Waals surface area contributed by atoms with Crippen LogP contribution in [-0.4, -0.2) is 62.5 Å². The predicted octanol–water partition coefficient (Wildman–Crippen LogP) is 1.49. The molecule has 1 spiro atoms. The van der Waals surface area contributed by atoms with Crippen LogP contribution in [0, 0.1) is 29.1 Å². The van der Waals surface area contributed by atoms with E-state index in [9.17, 15) is 14.4 Å². The molecule has 4 atom stereocenters. The second kappa shape index (κ2) is 9.08. The zero-order valence-electron chi connectivity index (χ0n) is 18.0. The van der Waals surface area contributed by atoms with Crippen molar-refractivity contribution >= 4 is 17.8 Å². The molecule has 1 saturated heterocycles. The zero-order valence-corrected chi connectivity index (χ0v) is 18.0. The number of nitrogens with zero attached hydrogens (tertiary/aromatic N) is 1. The Balaban J connectivity index is 1.29. The first-order valence-corrected chi connectivity index (χ1v) is 11.6. The smallest absolute Gasteiger partial charge is 0.307 e. The minimum atomic E-state index is -0.343. The van der Waals surface area contributed by atoms with Crippen LogP contribution in [0.5, 0.6) is 0 Å². The Hall–Kier alpha value is -1.89. The summed E-state index contributed by atoms with van der Waals surface area (Å²) in [6.45, 7) is 4.45. The molecule has 3 aliphatic carbocycles. The molecule has 1 heterocycles. The minimum Gasteiger partial charge on any atom is -0.469 e. The van der Waals surface area contributed by atoms with Gasteiger partial charge in [-0.25, -0.2) is 0 Å². The lowest BCUT2D eigenvalue weighted by Gasteiger charge is -2.26. The number of carbonyl (C=O) groups is 3. The summed E-state index contributed by atoms with van der Waals surface area (Å²) in [6, 6.07) is 0. The number of unbranched alkanes of at least 4 members (excludes halogenated alkanes) is 1. The number of esters is 1. The Morgan fingerprint density at radius 1 is 0.967 bits per heavy atom. The topological polar surface area (TPSA) is 87.7 Å². The molecule has 4 aliphatic rings. The van der Waals surface area contributed by atoms with Gasteiger partial charge in [-0.05, 0) is 75.4 Å². The summed E-state index contributed by atoms with van der Waals surface area (Å²) in [6.07, 6.45) is 11.4. The van der Waals surface area contributed by atoms with Gasteiger partial charge in [0.15, 0.2) is 0 Å². The van der Waals surface area contributed by atoms with Crippen molar-refractivity contribution in [2.75, 3.05) is 39.8 Å². The molecule has 1 aliphatic heterocycles. The summed E-state index contributed by atoms with van der Waals surface area (Å²) in [5.74, 6) is -0.729. The van der Waals surface area contributed by atoms with Gasteiger partial charge in [0, 0.05) is 13.1 Å². The summed E-state index contributed by atoms with van der Waals surface area (Å²) >= 11 is 0. The van der Waals surface area contributed by atoms with Crippen molar-refractivity contribution in [2.24, 2.45) is 29.1 Å². The molecule has 0 aromatic rings. The standard InChI is InChI=1S/C23H35N3O4/c1-30-18(27)8-12-25-22(29)20-17-7-6-16(23(17)9-10-23)19(20)21(28)24-11-2-3-13-26-14-4-5-15-26/h6-7,16-17,19-20H,2-5,8-15H2,1H3,(H,24,28)(H,25,29)/t16-,17-,19-,20-/m1/s1. The maximum atomic E-state index is 13.1. The monoisotopic (exact) mass is 417 g/mol. The van der Waals surface area contributed by atoms with Gasteiger partial charge in [0.05, 0.1) is 25.4 Å². The second-order valence-corrected chi connectivity index (χ2v) is 9.39. The Labute approximate surface area is 179 Å². The number of allylic oxidation sites excluding steroid dienone is 2. The van der Waals surface area contributed by atoms with Crippen molar-refractivity contribution in [1.82, 2.24) is 15.5 Å². The van der Waals surface area contributed by atoms with Crippen LogP contribution < -0.4 is 10.6 Å². The Bertz CT molecular complexity index is 697. The van der Waals surface area contributed by atoms with Gasteiger partial charge in [-0.3, -0.25) is 14.4 Å². The van der Waals surface area contributed by atoms with Crippen LogP contribution in [-0.2, 0) is 19.1 Å². The average molecular weight is 418 g/mol. The van der Waals surface area contributed by atoms with E-state index in [0.29, 0.717) is 6.54 Å². The van der Waals surface area contributed by atoms with Crippen molar-refractivity contribution in [3.05, 3.63) is 12.2 Å². The molecule has 2 N–H and O–H groups in total. The second-order valence-electron chi connectivity index (χ2n) is 9.39. The maximum Gasteiger partial charge on any atom is 0.307 e. The first-order valence-electron chi connectivity index (χ1n) is 11.6. The lowest BCUT2D eigenvalue weighted by Crippen LogP contribution is -2.44. The molecule has 2 bridgehead atoms. The van der Waals surface area contributed by atoms with Crippen molar-refractivity contribution in [1.29, 1.82) is 0 Å². The third-order valence-electron chi connectivity index (χ3n) is 7.70. The highest BCUT2D eigenvalue weighted by atomic mass is 16.5. The van der Waals surface area contributed by atoms with Gasteiger partial charge in [0.25, 0.3) is 0 Å². The number of hydrogen-bond donors (Lipinski definition) is 2. The maximum absolute atomic E-state index is 13.1. The molecule has 0 unspecified atom stereocenters. The molecule has 0 radical (unpaired) electrons. The highest BCUT2D eigenvalue weighted by Gasteiger charge is 2.69. The Morgan fingerprint density at radius 3 is 2.13 bits per heavy atom. The average Bonchev–Trinajstić information content (AvgIpc) is 3.10. The number of ether oxygens (including phenoxy) is 1. The fraction of sp³-hybridized carbons (Fsp3) is 0.783. The number of rotatable bonds is 10. The summed E-state index contributed by atoms with van der Waals surface area (Å²) in [4.78, 5) is 39.9. The first-order chi connectivity index (χ1) is 14.6. The van der Waals surface area contributed by atoms with Crippen molar-refractivity contribution in [2.45, 2.75) is 44.9 Å². The number of nitrogens with one attached hydrogen (secondary N) is 2. The highest BCUT2D eigenvalue weighted by Crippen LogP contribution is 2.72. The van der Waals surface area contributed by atoms with Crippen LogP contribution in [0.4, 0.5) is 0 Å². The summed E-state index contributed by atoms with van der Waals surface area (Å²) in [5.41, 5.74) is 0.127. The fourth-order valence-electron chi connectivity index (χ4n) is 6.01. The van der Waals surface area contributed by atoms with Gasteiger partial charge in [-0.15, -0.1) is 0 Å². The summed E-state index contributed by atoms with van der Waals surface area (Å²) < 4.78 is 4.64.